The molecule has 2 aromatic rings. The molecule has 1 aliphatic heterocycles. The summed E-state index contributed by atoms with van der Waals surface area (Å²) in [5, 5.41) is 3.49. The van der Waals surface area contributed by atoms with Crippen molar-refractivity contribution in [2.45, 2.75) is 13.3 Å². The van der Waals surface area contributed by atoms with E-state index in [1.54, 1.807) is 0 Å². The predicted molar refractivity (Wildman–Crippen MR) is 68.8 cm³/mol. The lowest BCUT2D eigenvalue weighted by atomic mass is 9.99. The molecule has 0 saturated heterocycles. The maximum atomic E-state index is 3.49. The summed E-state index contributed by atoms with van der Waals surface area (Å²) in [6, 6.07) is 15.3. The van der Waals surface area contributed by atoms with Gasteiger partial charge in [0, 0.05) is 17.8 Å². The van der Waals surface area contributed by atoms with E-state index in [2.05, 4.69) is 54.7 Å². The summed E-state index contributed by atoms with van der Waals surface area (Å²) in [6.45, 7) is 3.21. The highest BCUT2D eigenvalue weighted by atomic mass is 14.9. The van der Waals surface area contributed by atoms with Crippen LogP contribution in [0.4, 0.5) is 5.69 Å². The molecule has 0 radical (unpaired) electrons. The minimum absolute atomic E-state index is 1.07. The first kappa shape index (κ1) is 9.46. The normalized spacial score (nSPS) is 13.3. The van der Waals surface area contributed by atoms with Crippen LogP contribution in [-0.2, 0) is 6.42 Å². The monoisotopic (exact) mass is 209 g/mol. The van der Waals surface area contributed by atoms with Crippen molar-refractivity contribution in [3.63, 3.8) is 0 Å². The fourth-order valence-corrected chi connectivity index (χ4v) is 2.39. The molecule has 0 spiro atoms. The van der Waals surface area contributed by atoms with Crippen LogP contribution < -0.4 is 5.32 Å². The lowest BCUT2D eigenvalue weighted by Gasteiger charge is -2.09. The van der Waals surface area contributed by atoms with Gasteiger partial charge in [-0.05, 0) is 24.5 Å². The van der Waals surface area contributed by atoms with Crippen molar-refractivity contribution in [3.05, 3.63) is 53.6 Å². The van der Waals surface area contributed by atoms with Gasteiger partial charge in [-0.15, -0.1) is 0 Å². The van der Waals surface area contributed by atoms with Crippen LogP contribution in [0.1, 0.15) is 11.1 Å². The summed E-state index contributed by atoms with van der Waals surface area (Å²) in [5.41, 5.74) is 6.73. The Kier molecular flexibility index (Phi) is 2.17. The maximum Gasteiger partial charge on any atom is 0.0453 e. The van der Waals surface area contributed by atoms with Crippen molar-refractivity contribution in [1.82, 2.24) is 0 Å². The second-order valence-electron chi connectivity index (χ2n) is 4.39. The summed E-state index contributed by atoms with van der Waals surface area (Å²) < 4.78 is 0. The van der Waals surface area contributed by atoms with E-state index in [0.29, 0.717) is 0 Å². The van der Waals surface area contributed by atoms with Crippen LogP contribution in [0.3, 0.4) is 0 Å². The second kappa shape index (κ2) is 3.67. The molecule has 0 amide bonds. The predicted octanol–water partition coefficient (Wildman–Crippen LogP) is 3.63. The van der Waals surface area contributed by atoms with E-state index in [-0.39, 0.29) is 0 Å². The average molecular weight is 209 g/mol. The number of fused-ring (bicyclic) bond motifs is 1. The summed E-state index contributed by atoms with van der Waals surface area (Å²) in [4.78, 5) is 0. The zero-order valence-corrected chi connectivity index (χ0v) is 9.46. The number of aryl methyl sites for hydroxylation is 1. The Labute approximate surface area is 96.1 Å². The van der Waals surface area contributed by atoms with E-state index in [0.717, 1.165) is 13.0 Å². The van der Waals surface area contributed by atoms with Gasteiger partial charge in [0.15, 0.2) is 0 Å². The van der Waals surface area contributed by atoms with E-state index in [4.69, 9.17) is 0 Å². The molecule has 0 saturated carbocycles. The van der Waals surface area contributed by atoms with Gasteiger partial charge in [0.2, 0.25) is 0 Å². The van der Waals surface area contributed by atoms with Crippen LogP contribution in [0, 0.1) is 6.92 Å². The first-order valence-electron chi connectivity index (χ1n) is 5.77. The highest BCUT2D eigenvalue weighted by Gasteiger charge is 2.14. The van der Waals surface area contributed by atoms with Gasteiger partial charge in [-0.1, -0.05) is 48.0 Å². The summed E-state index contributed by atoms with van der Waals surface area (Å²) in [5.74, 6) is 0. The van der Waals surface area contributed by atoms with Crippen molar-refractivity contribution in [1.29, 1.82) is 0 Å². The van der Waals surface area contributed by atoms with Crippen LogP contribution in [0.2, 0.25) is 0 Å². The quantitative estimate of drug-likeness (QED) is 0.756. The van der Waals surface area contributed by atoms with E-state index < -0.39 is 0 Å². The molecule has 0 bridgehead atoms. The van der Waals surface area contributed by atoms with Crippen molar-refractivity contribution in [2.75, 3.05) is 11.9 Å². The molecule has 0 aliphatic carbocycles. The van der Waals surface area contributed by atoms with Gasteiger partial charge in [-0.2, -0.15) is 0 Å². The second-order valence-corrected chi connectivity index (χ2v) is 4.39. The Balaban J connectivity index is 2.17. The van der Waals surface area contributed by atoms with Crippen LogP contribution in [-0.4, -0.2) is 6.54 Å². The van der Waals surface area contributed by atoms with Gasteiger partial charge < -0.3 is 5.32 Å². The van der Waals surface area contributed by atoms with Crippen LogP contribution in [0.5, 0.6) is 0 Å². The Morgan fingerprint density at radius 2 is 1.94 bits per heavy atom. The molecule has 0 atom stereocenters. The third kappa shape index (κ3) is 1.49. The molecule has 1 nitrogen and oxygen atoms in total. The molecule has 1 aliphatic rings. The molecule has 16 heavy (non-hydrogen) atoms. The van der Waals surface area contributed by atoms with Crippen molar-refractivity contribution in [2.24, 2.45) is 0 Å². The van der Waals surface area contributed by atoms with E-state index >= 15 is 0 Å². The largest absolute Gasteiger partial charge is 0.384 e. The average Bonchev–Trinajstić information content (AvgIpc) is 2.76. The highest BCUT2D eigenvalue weighted by Crippen LogP contribution is 2.34. The van der Waals surface area contributed by atoms with Gasteiger partial charge in [0.05, 0.1) is 0 Å². The van der Waals surface area contributed by atoms with Crippen molar-refractivity contribution < 1.29 is 0 Å². The first-order valence-corrected chi connectivity index (χ1v) is 5.77. The Morgan fingerprint density at radius 1 is 1.06 bits per heavy atom. The SMILES string of the molecule is Cc1cccc(-c2cccc3c2NCC3)c1. The van der Waals surface area contributed by atoms with Crippen molar-refractivity contribution >= 4 is 5.69 Å². The molecular weight excluding hydrogens is 194 g/mol. The number of hydrogen-bond donors (Lipinski definition) is 1. The van der Waals surface area contributed by atoms with E-state index in [1.165, 1.54) is 27.9 Å². The zero-order chi connectivity index (χ0) is 11.0. The van der Waals surface area contributed by atoms with Gasteiger partial charge in [0.1, 0.15) is 0 Å². The van der Waals surface area contributed by atoms with Crippen LogP contribution in [0.25, 0.3) is 11.1 Å². The fraction of sp³-hybridized carbons (Fsp3) is 0.200. The first-order chi connectivity index (χ1) is 7.84. The van der Waals surface area contributed by atoms with Crippen LogP contribution >= 0.6 is 0 Å². The molecule has 0 unspecified atom stereocenters. The topological polar surface area (TPSA) is 12.0 Å². The summed E-state index contributed by atoms with van der Waals surface area (Å²) >= 11 is 0. The number of hydrogen-bond acceptors (Lipinski definition) is 1. The minimum atomic E-state index is 1.07. The number of benzene rings is 2. The molecule has 3 rings (SSSR count). The zero-order valence-electron chi connectivity index (χ0n) is 9.46. The lowest BCUT2D eigenvalue weighted by Crippen LogP contribution is -1.93. The molecule has 80 valence electrons. The fourth-order valence-electron chi connectivity index (χ4n) is 2.39. The van der Waals surface area contributed by atoms with Gasteiger partial charge in [0.25, 0.3) is 0 Å². The van der Waals surface area contributed by atoms with Gasteiger partial charge in [-0.25, -0.2) is 0 Å². The van der Waals surface area contributed by atoms with Crippen LogP contribution in [0.15, 0.2) is 42.5 Å². The molecule has 1 heterocycles. The van der Waals surface area contributed by atoms with E-state index in [1.807, 2.05) is 0 Å². The Hall–Kier alpha value is -1.76. The molecule has 1 heteroatoms. The maximum absolute atomic E-state index is 3.49. The molecule has 2 aromatic carbocycles. The third-order valence-electron chi connectivity index (χ3n) is 3.18. The van der Waals surface area contributed by atoms with Gasteiger partial charge >= 0.3 is 0 Å². The molecule has 0 aromatic heterocycles. The number of anilines is 1. The molecule has 1 N–H and O–H groups in total. The number of para-hydroxylation sites is 1. The van der Waals surface area contributed by atoms with Crippen molar-refractivity contribution in [3.8, 4) is 11.1 Å². The molecule has 0 fully saturated rings. The Bertz CT molecular complexity index is 529. The standard InChI is InChI=1S/C15H15N/c1-11-4-2-6-13(10-11)14-7-3-5-12-8-9-16-15(12)14/h2-7,10,16H,8-9H2,1H3. The third-order valence-corrected chi connectivity index (χ3v) is 3.18. The van der Waals surface area contributed by atoms with Gasteiger partial charge in [-0.3, -0.25) is 0 Å². The summed E-state index contributed by atoms with van der Waals surface area (Å²) in [7, 11) is 0. The molecular formula is C15H15N. The lowest BCUT2D eigenvalue weighted by molar-refractivity contribution is 1.11. The highest BCUT2D eigenvalue weighted by molar-refractivity contribution is 5.81. The number of rotatable bonds is 1. The van der Waals surface area contributed by atoms with E-state index in [9.17, 15) is 0 Å². The Morgan fingerprint density at radius 3 is 2.81 bits per heavy atom. The summed E-state index contributed by atoms with van der Waals surface area (Å²) in [6.07, 6.45) is 1.15. The number of nitrogens with one attached hydrogen (secondary N) is 1. The minimum Gasteiger partial charge on any atom is -0.384 e. The smallest absolute Gasteiger partial charge is 0.0453 e.